The third-order valence-electron chi connectivity index (χ3n) is 14.9. The summed E-state index contributed by atoms with van der Waals surface area (Å²) >= 11 is 0. The summed E-state index contributed by atoms with van der Waals surface area (Å²) in [5.74, 6) is 0. The van der Waals surface area contributed by atoms with E-state index in [1.807, 2.05) is 0 Å². The molecule has 0 radical (unpaired) electrons. The first-order valence-corrected chi connectivity index (χ1v) is 25.4. The van der Waals surface area contributed by atoms with Crippen LogP contribution in [-0.4, -0.2) is 0 Å². The maximum atomic E-state index is 2.47. The number of rotatable bonds is 10. The molecule has 0 unspecified atom stereocenters. The fourth-order valence-electron chi connectivity index (χ4n) is 11.7. The molecule has 12 aromatic carbocycles. The Morgan fingerprint density at radius 2 is 0.534 bits per heavy atom. The zero-order valence-corrected chi connectivity index (χ0v) is 41.2. The monoisotopic (exact) mass is 932 g/mol. The summed E-state index contributed by atoms with van der Waals surface area (Å²) in [5, 5.41) is 4.86. The average Bonchev–Trinajstić information content (AvgIpc) is 3.45. The lowest BCUT2D eigenvalue weighted by atomic mass is 9.65. The summed E-state index contributed by atoms with van der Waals surface area (Å²) in [4.78, 5) is 4.88. The SMILES string of the molecule is Cc1ccccc1N(c1ccccc1)c1ccc2c(-c3ccccc3)c3c(c(-c4ccccc4)c2c1)-c1c-3c(-c2ccccc2)c2ccc(N(c3ccccc3)c3c(C)cccc3C)cc2c1-c1ccccc1. The van der Waals surface area contributed by atoms with Crippen LogP contribution >= 0.6 is 0 Å². The number of nitrogens with zero attached hydrogens (tertiary/aromatic N) is 2. The van der Waals surface area contributed by atoms with Crippen LogP contribution in [0.4, 0.5) is 34.1 Å². The van der Waals surface area contributed by atoms with E-state index in [4.69, 9.17) is 0 Å². The van der Waals surface area contributed by atoms with E-state index in [1.54, 1.807) is 0 Å². The van der Waals surface area contributed by atoms with Gasteiger partial charge in [-0.15, -0.1) is 0 Å². The van der Waals surface area contributed by atoms with Crippen molar-refractivity contribution in [3.05, 3.63) is 278 Å². The predicted molar refractivity (Wildman–Crippen MR) is 311 cm³/mol. The van der Waals surface area contributed by atoms with Crippen molar-refractivity contribution in [2.75, 3.05) is 9.80 Å². The van der Waals surface area contributed by atoms with Crippen molar-refractivity contribution >= 4 is 55.7 Å². The number of hydrogen-bond donors (Lipinski definition) is 0. The van der Waals surface area contributed by atoms with Gasteiger partial charge in [0.25, 0.3) is 0 Å². The van der Waals surface area contributed by atoms with E-state index >= 15 is 0 Å². The third-order valence-corrected chi connectivity index (χ3v) is 14.9. The lowest BCUT2D eigenvalue weighted by Crippen LogP contribution is -2.14. The second-order valence-corrected chi connectivity index (χ2v) is 19.3. The molecular weight excluding hydrogens is 881 g/mol. The molecule has 0 aromatic heterocycles. The van der Waals surface area contributed by atoms with Gasteiger partial charge in [-0.3, -0.25) is 0 Å². The Balaban J connectivity index is 1.20. The highest BCUT2D eigenvalue weighted by Gasteiger charge is 2.39. The molecule has 346 valence electrons. The van der Waals surface area contributed by atoms with Crippen molar-refractivity contribution in [3.63, 3.8) is 0 Å². The average molecular weight is 933 g/mol. The summed E-state index contributed by atoms with van der Waals surface area (Å²) < 4.78 is 0. The molecule has 1 aliphatic rings. The molecule has 0 saturated carbocycles. The van der Waals surface area contributed by atoms with Crippen molar-refractivity contribution in [3.8, 4) is 66.8 Å². The van der Waals surface area contributed by atoms with Crippen molar-refractivity contribution in [2.45, 2.75) is 20.8 Å². The topological polar surface area (TPSA) is 6.48 Å². The van der Waals surface area contributed by atoms with Gasteiger partial charge in [0.1, 0.15) is 0 Å². The number of fused-ring (bicyclic) bond motifs is 6. The maximum absolute atomic E-state index is 2.47. The van der Waals surface area contributed by atoms with Crippen LogP contribution in [0.15, 0.2) is 261 Å². The Kier molecular flexibility index (Phi) is 10.9. The van der Waals surface area contributed by atoms with Gasteiger partial charge in [0, 0.05) is 28.4 Å². The fourth-order valence-corrected chi connectivity index (χ4v) is 11.7. The number of anilines is 6. The van der Waals surface area contributed by atoms with Crippen LogP contribution < -0.4 is 9.80 Å². The van der Waals surface area contributed by atoms with Crippen LogP contribution in [-0.2, 0) is 0 Å². The molecule has 0 N–H and O–H groups in total. The Morgan fingerprint density at radius 1 is 0.219 bits per heavy atom. The zero-order chi connectivity index (χ0) is 49.0. The number of aryl methyl sites for hydroxylation is 3. The Labute approximate surface area is 428 Å². The summed E-state index contributed by atoms with van der Waals surface area (Å²) in [6, 6.07) is 95.9. The molecule has 2 heteroatoms. The molecule has 0 amide bonds. The molecule has 0 bridgehead atoms. The van der Waals surface area contributed by atoms with Crippen LogP contribution in [0.5, 0.6) is 0 Å². The Morgan fingerprint density at radius 3 is 0.932 bits per heavy atom. The van der Waals surface area contributed by atoms with Gasteiger partial charge < -0.3 is 9.80 Å². The largest absolute Gasteiger partial charge is 0.310 e. The van der Waals surface area contributed by atoms with Gasteiger partial charge in [-0.05, 0) is 180 Å². The molecule has 0 saturated heterocycles. The summed E-state index contributed by atoms with van der Waals surface area (Å²) in [6.45, 7) is 6.67. The first-order chi connectivity index (χ1) is 36.0. The van der Waals surface area contributed by atoms with Crippen LogP contribution in [0, 0.1) is 20.8 Å². The predicted octanol–water partition coefficient (Wildman–Crippen LogP) is 20.2. The van der Waals surface area contributed by atoms with E-state index in [-0.39, 0.29) is 0 Å². The highest BCUT2D eigenvalue weighted by molar-refractivity contribution is 6.33. The fraction of sp³-hybridized carbons (Fsp3) is 0.0423. The molecule has 2 nitrogen and oxygen atoms in total. The van der Waals surface area contributed by atoms with E-state index in [2.05, 4.69) is 291 Å². The standard InChI is InChI=1S/C71H52N2/c1-47-25-22-23-40-62(47)72(54-36-18-8-19-37-54)56-41-43-58-60(45-56)65(52-32-14-6-15-33-52)69-67(63(58)50-28-10-4-11-29-50)68-64(51-30-12-5-13-31-51)59-44-42-57(46-61(59)66(70(68)69)53-34-16-7-17-35-53)73(55-38-20-9-21-39-55)71-48(2)26-24-27-49(71)3/h4-46H,1-3H3. The molecule has 73 heavy (non-hydrogen) atoms. The van der Waals surface area contributed by atoms with Gasteiger partial charge in [0.05, 0.1) is 5.69 Å². The van der Waals surface area contributed by atoms with Crippen LogP contribution in [0.1, 0.15) is 16.7 Å². The third kappa shape index (κ3) is 7.33. The van der Waals surface area contributed by atoms with E-state index < -0.39 is 0 Å². The normalized spacial score (nSPS) is 11.5. The minimum absolute atomic E-state index is 1.10. The summed E-state index contributed by atoms with van der Waals surface area (Å²) in [6.07, 6.45) is 0. The van der Waals surface area contributed by atoms with Gasteiger partial charge in [0.15, 0.2) is 0 Å². The molecule has 0 atom stereocenters. The smallest absolute Gasteiger partial charge is 0.0519 e. The molecule has 1 aliphatic carbocycles. The van der Waals surface area contributed by atoms with Crippen LogP contribution in [0.25, 0.3) is 88.3 Å². The molecule has 0 spiro atoms. The lowest BCUT2D eigenvalue weighted by Gasteiger charge is -2.38. The zero-order valence-electron chi connectivity index (χ0n) is 41.2. The second-order valence-electron chi connectivity index (χ2n) is 19.3. The number of benzene rings is 12. The van der Waals surface area contributed by atoms with Crippen molar-refractivity contribution < 1.29 is 0 Å². The Hall–Kier alpha value is -9.24. The minimum atomic E-state index is 1.10. The summed E-state index contributed by atoms with van der Waals surface area (Å²) in [5.41, 5.74) is 25.4. The van der Waals surface area contributed by atoms with E-state index in [9.17, 15) is 0 Å². The quantitative estimate of drug-likeness (QED) is 0.135. The number of para-hydroxylation sites is 4. The van der Waals surface area contributed by atoms with Crippen molar-refractivity contribution in [1.29, 1.82) is 0 Å². The molecule has 0 heterocycles. The van der Waals surface area contributed by atoms with Gasteiger partial charge in [-0.2, -0.15) is 0 Å². The second kappa shape index (κ2) is 18.2. The molecular formula is C71H52N2. The van der Waals surface area contributed by atoms with Crippen LogP contribution in [0.2, 0.25) is 0 Å². The van der Waals surface area contributed by atoms with Gasteiger partial charge in [0.2, 0.25) is 0 Å². The van der Waals surface area contributed by atoms with Gasteiger partial charge in [-0.1, -0.05) is 206 Å². The number of hydrogen-bond acceptors (Lipinski definition) is 2. The summed E-state index contributed by atoms with van der Waals surface area (Å²) in [7, 11) is 0. The molecule has 0 fully saturated rings. The van der Waals surface area contributed by atoms with Crippen molar-refractivity contribution in [2.24, 2.45) is 0 Å². The Bertz CT molecular complexity index is 4000. The maximum Gasteiger partial charge on any atom is 0.0519 e. The first-order valence-electron chi connectivity index (χ1n) is 25.4. The highest BCUT2D eigenvalue weighted by atomic mass is 15.2. The van der Waals surface area contributed by atoms with E-state index in [0.717, 1.165) is 28.4 Å². The molecule has 13 rings (SSSR count). The minimum Gasteiger partial charge on any atom is -0.310 e. The van der Waals surface area contributed by atoms with E-state index in [0.29, 0.717) is 0 Å². The van der Waals surface area contributed by atoms with E-state index in [1.165, 1.54) is 111 Å². The molecule has 0 aliphatic heterocycles. The lowest BCUT2D eigenvalue weighted by molar-refractivity contribution is 1.22. The molecule has 12 aromatic rings. The first kappa shape index (κ1) is 43.8. The van der Waals surface area contributed by atoms with Gasteiger partial charge >= 0.3 is 0 Å². The highest BCUT2D eigenvalue weighted by Crippen LogP contribution is 2.66. The van der Waals surface area contributed by atoms with Gasteiger partial charge in [-0.25, -0.2) is 0 Å². The van der Waals surface area contributed by atoms with Crippen LogP contribution in [0.3, 0.4) is 0 Å². The van der Waals surface area contributed by atoms with Crippen molar-refractivity contribution in [1.82, 2.24) is 0 Å².